The predicted molar refractivity (Wildman–Crippen MR) is 145 cm³/mol. The fraction of sp³-hybridized carbons (Fsp3) is 0.0667. The molecule has 0 fully saturated rings. The van der Waals surface area contributed by atoms with Gasteiger partial charge in [0.15, 0.2) is 0 Å². The lowest BCUT2D eigenvalue weighted by Gasteiger charge is -2.13. The summed E-state index contributed by atoms with van der Waals surface area (Å²) in [6.45, 7) is 0. The number of aryl methyl sites for hydroxylation is 2. The van der Waals surface area contributed by atoms with Crippen LogP contribution < -0.4 is 9.80 Å². The number of rotatable bonds is 6. The Morgan fingerprint density at radius 1 is 0.525 bits per heavy atom. The van der Waals surface area contributed by atoms with Crippen molar-refractivity contribution >= 4 is 45.1 Å². The Bertz CT molecular complexity index is 1850. The van der Waals surface area contributed by atoms with Crippen LogP contribution in [0.25, 0.3) is 0 Å². The van der Waals surface area contributed by atoms with Crippen LogP contribution in [0.15, 0.2) is 95.9 Å². The van der Waals surface area contributed by atoms with Gasteiger partial charge in [-0.3, -0.25) is 23.7 Å². The minimum absolute atomic E-state index is 0.182. The predicted octanol–water partition coefficient (Wildman–Crippen LogP) is 4.32. The Hall–Kier alpha value is -4.93. The van der Waals surface area contributed by atoms with Crippen molar-refractivity contribution in [1.82, 2.24) is 0 Å². The molecule has 10 heteroatoms. The van der Waals surface area contributed by atoms with E-state index in [1.165, 1.54) is 17.0 Å². The summed E-state index contributed by atoms with van der Waals surface area (Å²) < 4.78 is 31.8. The summed E-state index contributed by atoms with van der Waals surface area (Å²) >= 11 is 0. The number of amides is 4. The summed E-state index contributed by atoms with van der Waals surface area (Å²) in [5, 5.41) is 0. The first-order valence-electron chi connectivity index (χ1n) is 12.3. The quantitative estimate of drug-likeness (QED) is 0.279. The zero-order chi connectivity index (χ0) is 28.2. The van der Waals surface area contributed by atoms with Crippen LogP contribution in [0.1, 0.15) is 52.6 Å². The summed E-state index contributed by atoms with van der Waals surface area (Å²) in [4.78, 5) is 53.7. The molecule has 4 amide bonds. The van der Waals surface area contributed by atoms with E-state index >= 15 is 0 Å². The van der Waals surface area contributed by atoms with Gasteiger partial charge < -0.3 is 0 Å². The average Bonchev–Trinajstić information content (AvgIpc) is 3.35. The summed E-state index contributed by atoms with van der Waals surface area (Å²) in [5.74, 6) is -1.81. The lowest BCUT2D eigenvalue weighted by molar-refractivity contribution is 0.0910. The lowest BCUT2D eigenvalue weighted by atomic mass is 9.98. The first kappa shape index (κ1) is 25.4. The van der Waals surface area contributed by atoms with Gasteiger partial charge in [0.2, 0.25) is 0 Å². The molecule has 0 aromatic heterocycles. The van der Waals surface area contributed by atoms with Gasteiger partial charge >= 0.3 is 0 Å². The minimum Gasteiger partial charge on any atom is -0.282 e. The molecular formula is C30H20N2O7S. The van der Waals surface area contributed by atoms with Crippen molar-refractivity contribution in [3.05, 3.63) is 124 Å². The molecule has 4 aromatic carbocycles. The zero-order valence-electron chi connectivity index (χ0n) is 20.8. The Balaban J connectivity index is 1.19. The highest BCUT2D eigenvalue weighted by Crippen LogP contribution is 2.31. The highest BCUT2D eigenvalue weighted by Gasteiger charge is 2.38. The third kappa shape index (κ3) is 4.19. The minimum atomic E-state index is -4.41. The van der Waals surface area contributed by atoms with Crippen LogP contribution in [0.5, 0.6) is 0 Å². The van der Waals surface area contributed by atoms with Crippen LogP contribution in [0, 0.1) is 0 Å². The second kappa shape index (κ2) is 9.37. The van der Waals surface area contributed by atoms with Gasteiger partial charge in [-0.05, 0) is 84.6 Å². The molecule has 198 valence electrons. The van der Waals surface area contributed by atoms with Gasteiger partial charge in [-0.25, -0.2) is 9.80 Å². The van der Waals surface area contributed by atoms with Crippen molar-refractivity contribution in [2.24, 2.45) is 0 Å². The third-order valence-electron chi connectivity index (χ3n) is 7.01. The summed E-state index contributed by atoms with van der Waals surface area (Å²) in [6, 6.07) is 23.7. The molecule has 9 nitrogen and oxygen atoms in total. The molecule has 0 spiro atoms. The molecule has 40 heavy (non-hydrogen) atoms. The van der Waals surface area contributed by atoms with Crippen molar-refractivity contribution in [2.45, 2.75) is 17.7 Å². The van der Waals surface area contributed by atoms with Gasteiger partial charge in [-0.15, -0.1) is 0 Å². The first-order chi connectivity index (χ1) is 19.1. The molecule has 0 atom stereocenters. The van der Waals surface area contributed by atoms with Gasteiger partial charge in [-0.2, -0.15) is 8.42 Å². The van der Waals surface area contributed by atoms with E-state index in [-0.39, 0.29) is 33.5 Å². The molecule has 0 saturated heterocycles. The first-order valence-corrected chi connectivity index (χ1v) is 13.7. The van der Waals surface area contributed by atoms with Gasteiger partial charge in [0.05, 0.1) is 38.5 Å². The van der Waals surface area contributed by atoms with E-state index in [0.717, 1.165) is 28.2 Å². The molecule has 2 heterocycles. The van der Waals surface area contributed by atoms with Gasteiger partial charge in [0.25, 0.3) is 33.7 Å². The second-order valence-corrected chi connectivity index (χ2v) is 10.9. The molecule has 0 bridgehead atoms. The van der Waals surface area contributed by atoms with E-state index in [1.807, 2.05) is 6.07 Å². The SMILES string of the molecule is O=C1c2ccc(CCc3ccc4c(c3)C(=O)N(c3ccc(S(=O)(=O)O)cc3)C4=O)cc2C(=O)N1c1ccccc1. The Kier molecular flexibility index (Phi) is 5.94. The van der Waals surface area contributed by atoms with E-state index in [1.54, 1.807) is 60.7 Å². The molecule has 0 radical (unpaired) electrons. The largest absolute Gasteiger partial charge is 0.294 e. The number of nitrogens with zero attached hydrogens (tertiary/aromatic N) is 2. The molecule has 4 aromatic rings. The molecule has 6 rings (SSSR count). The number of anilines is 2. The van der Waals surface area contributed by atoms with E-state index in [0.29, 0.717) is 29.7 Å². The van der Waals surface area contributed by atoms with Crippen molar-refractivity contribution in [3.8, 4) is 0 Å². The van der Waals surface area contributed by atoms with Crippen molar-refractivity contribution in [1.29, 1.82) is 0 Å². The molecule has 0 unspecified atom stereocenters. The second-order valence-electron chi connectivity index (χ2n) is 9.46. The van der Waals surface area contributed by atoms with Crippen LogP contribution in [-0.2, 0) is 23.0 Å². The Labute approximate surface area is 229 Å². The number of hydrogen-bond donors (Lipinski definition) is 1. The number of fused-ring (bicyclic) bond motifs is 2. The summed E-state index contributed by atoms with van der Waals surface area (Å²) in [7, 11) is -4.41. The van der Waals surface area contributed by atoms with Crippen LogP contribution in [0.2, 0.25) is 0 Å². The smallest absolute Gasteiger partial charge is 0.282 e. The van der Waals surface area contributed by atoms with Crippen molar-refractivity contribution < 1.29 is 32.1 Å². The fourth-order valence-electron chi connectivity index (χ4n) is 4.99. The number of para-hydroxylation sites is 1. The van der Waals surface area contributed by atoms with Crippen LogP contribution in [-0.4, -0.2) is 36.6 Å². The van der Waals surface area contributed by atoms with E-state index < -0.39 is 21.9 Å². The van der Waals surface area contributed by atoms with Gasteiger partial charge in [-0.1, -0.05) is 30.3 Å². The van der Waals surface area contributed by atoms with E-state index in [2.05, 4.69) is 0 Å². The van der Waals surface area contributed by atoms with Crippen LogP contribution in [0.4, 0.5) is 11.4 Å². The molecular weight excluding hydrogens is 532 g/mol. The number of hydrogen-bond acceptors (Lipinski definition) is 6. The van der Waals surface area contributed by atoms with Gasteiger partial charge in [0, 0.05) is 0 Å². The zero-order valence-corrected chi connectivity index (χ0v) is 21.6. The maximum Gasteiger partial charge on any atom is 0.294 e. The molecule has 0 aliphatic carbocycles. The Morgan fingerprint density at radius 2 is 0.950 bits per heavy atom. The van der Waals surface area contributed by atoms with Crippen LogP contribution in [0.3, 0.4) is 0 Å². The average molecular weight is 553 g/mol. The lowest BCUT2D eigenvalue weighted by Crippen LogP contribution is -2.29. The molecule has 2 aliphatic rings. The highest BCUT2D eigenvalue weighted by atomic mass is 32.2. The topological polar surface area (TPSA) is 129 Å². The standard InChI is InChI=1S/C30H20N2O7S/c33-27-23-14-8-18(16-25(23)29(35)31(27)20-4-2-1-3-5-20)6-7-19-9-15-24-26(17-19)30(36)32(28(24)34)21-10-12-22(13-11-21)40(37,38)39/h1-5,8-17H,6-7H2,(H,37,38,39). The van der Waals surface area contributed by atoms with E-state index in [9.17, 15) is 32.1 Å². The highest BCUT2D eigenvalue weighted by molar-refractivity contribution is 7.85. The number of carbonyl (C=O) groups excluding carboxylic acids is 4. The third-order valence-corrected chi connectivity index (χ3v) is 7.88. The maximum absolute atomic E-state index is 13.1. The maximum atomic E-state index is 13.1. The monoisotopic (exact) mass is 552 g/mol. The van der Waals surface area contributed by atoms with Crippen molar-refractivity contribution in [2.75, 3.05) is 9.80 Å². The van der Waals surface area contributed by atoms with Crippen LogP contribution >= 0.6 is 0 Å². The number of benzene rings is 4. The molecule has 1 N–H and O–H groups in total. The van der Waals surface area contributed by atoms with Gasteiger partial charge in [0.1, 0.15) is 0 Å². The molecule has 2 aliphatic heterocycles. The molecule has 0 saturated carbocycles. The van der Waals surface area contributed by atoms with Crippen molar-refractivity contribution in [3.63, 3.8) is 0 Å². The number of imide groups is 2. The fourth-order valence-corrected chi connectivity index (χ4v) is 5.47. The number of carbonyl (C=O) groups is 4. The Morgan fingerprint density at radius 3 is 1.40 bits per heavy atom. The summed E-state index contributed by atoms with van der Waals surface area (Å²) in [6.07, 6.45) is 1.04. The summed E-state index contributed by atoms with van der Waals surface area (Å²) in [5.41, 5.74) is 3.50. The van der Waals surface area contributed by atoms with E-state index in [4.69, 9.17) is 0 Å². The normalized spacial score (nSPS) is 14.6.